The van der Waals surface area contributed by atoms with Gasteiger partial charge < -0.3 is 4.57 Å². The molecule has 5 nitrogen and oxygen atoms in total. The molecule has 0 bridgehead atoms. The first-order valence-electron chi connectivity index (χ1n) is 19.8. The molecule has 0 fully saturated rings. The van der Waals surface area contributed by atoms with Crippen LogP contribution in [0.2, 0.25) is 0 Å². The van der Waals surface area contributed by atoms with Gasteiger partial charge in [0.1, 0.15) is 0 Å². The molecule has 1 unspecified atom stereocenters. The molecule has 2 aliphatic rings. The summed E-state index contributed by atoms with van der Waals surface area (Å²) in [5, 5.41) is 2.27. The van der Waals surface area contributed by atoms with E-state index in [1.165, 1.54) is 0 Å². The number of sulfone groups is 1. The van der Waals surface area contributed by atoms with Gasteiger partial charge in [-0.05, 0) is 89.2 Å². The van der Waals surface area contributed by atoms with Gasteiger partial charge in [0.2, 0.25) is 9.84 Å². The topological polar surface area (TPSA) is 63.8 Å². The van der Waals surface area contributed by atoms with Crippen LogP contribution in [0.15, 0.2) is 214 Å². The first-order chi connectivity index (χ1) is 28.8. The first-order valence-corrected chi connectivity index (χ1v) is 21.3. The van der Waals surface area contributed by atoms with Crippen molar-refractivity contribution < 1.29 is 8.42 Å². The fourth-order valence-corrected chi connectivity index (χ4v) is 10.5. The predicted molar refractivity (Wildman–Crippen MR) is 244 cm³/mol. The summed E-state index contributed by atoms with van der Waals surface area (Å²) < 4.78 is 31.1. The second-order valence-electron chi connectivity index (χ2n) is 15.0. The summed E-state index contributed by atoms with van der Waals surface area (Å²) in [5.74, 6) is 0.156. The van der Waals surface area contributed by atoms with Gasteiger partial charge in [-0.3, -0.25) is 0 Å². The number of allylic oxidation sites excluding steroid dienone is 4. The van der Waals surface area contributed by atoms with E-state index >= 15 is 0 Å². The smallest absolute Gasteiger partial charge is 0.203 e. The molecule has 10 rings (SSSR count). The highest BCUT2D eigenvalue weighted by atomic mass is 32.2. The van der Waals surface area contributed by atoms with Crippen molar-refractivity contribution in [2.75, 3.05) is 0 Å². The standard InChI is InChI=1S/C53H39N3O2S/c1-35(37-25-27-39(28-26-37)38-15-6-3-7-16-38)54-53(40-17-8-4-9-18-40)55-36(2)44-22-14-24-50-52(44)46-31-29-42(34-51(46)59(50,57)58)41-30-32-49-47(33-41)45-21-12-13-23-48(45)56(49)43-19-10-5-11-20-43/h3-30,32-34,46H,2,31H2,1H3. The maximum Gasteiger partial charge on any atom is 0.203 e. The van der Waals surface area contributed by atoms with Crippen LogP contribution in [0.4, 0.5) is 0 Å². The lowest BCUT2D eigenvalue weighted by molar-refractivity contribution is 0.603. The van der Waals surface area contributed by atoms with Crippen LogP contribution in [0, 0.1) is 0 Å². The minimum absolute atomic E-state index is 0.318. The molecule has 1 aliphatic heterocycles. The van der Waals surface area contributed by atoms with Gasteiger partial charge in [-0.15, -0.1) is 0 Å². The maximum atomic E-state index is 14.4. The van der Waals surface area contributed by atoms with Crippen LogP contribution >= 0.6 is 0 Å². The van der Waals surface area contributed by atoms with Crippen LogP contribution < -0.4 is 0 Å². The molecule has 0 N–H and O–H groups in total. The lowest BCUT2D eigenvalue weighted by Crippen LogP contribution is -2.07. The van der Waals surface area contributed by atoms with Crippen LogP contribution in [0.5, 0.6) is 0 Å². The van der Waals surface area contributed by atoms with Crippen molar-refractivity contribution in [3.63, 3.8) is 0 Å². The zero-order valence-electron chi connectivity index (χ0n) is 32.5. The van der Waals surface area contributed by atoms with E-state index in [0.29, 0.717) is 33.3 Å². The van der Waals surface area contributed by atoms with Crippen molar-refractivity contribution in [3.05, 3.63) is 227 Å². The maximum absolute atomic E-state index is 14.4. The number of hydrogen-bond donors (Lipinski definition) is 0. The molecule has 7 aromatic carbocycles. The van der Waals surface area contributed by atoms with Gasteiger partial charge in [0.05, 0.1) is 26.5 Å². The Morgan fingerprint density at radius 3 is 2.03 bits per heavy atom. The summed E-state index contributed by atoms with van der Waals surface area (Å²) >= 11 is 0. The number of para-hydroxylation sites is 2. The second kappa shape index (κ2) is 14.7. The Bertz CT molecular complexity index is 3190. The predicted octanol–water partition coefficient (Wildman–Crippen LogP) is 12.6. The molecule has 2 heterocycles. The van der Waals surface area contributed by atoms with E-state index in [1.54, 1.807) is 12.1 Å². The van der Waals surface area contributed by atoms with Crippen LogP contribution in [0.3, 0.4) is 0 Å². The molecule has 8 aromatic rings. The molecule has 6 heteroatoms. The van der Waals surface area contributed by atoms with Gasteiger partial charge in [0.25, 0.3) is 0 Å². The van der Waals surface area contributed by atoms with Gasteiger partial charge in [-0.25, -0.2) is 18.4 Å². The summed E-state index contributed by atoms with van der Waals surface area (Å²) in [5.41, 5.74) is 12.0. The third-order valence-electron chi connectivity index (χ3n) is 11.5. The van der Waals surface area contributed by atoms with Gasteiger partial charge in [-0.1, -0.05) is 152 Å². The lowest BCUT2D eigenvalue weighted by Gasteiger charge is -2.19. The third-order valence-corrected chi connectivity index (χ3v) is 13.5. The number of benzene rings is 7. The molecule has 0 amide bonds. The van der Waals surface area contributed by atoms with E-state index in [-0.39, 0.29) is 5.92 Å². The van der Waals surface area contributed by atoms with Gasteiger partial charge in [0, 0.05) is 39.2 Å². The quantitative estimate of drug-likeness (QED) is 0.119. The molecule has 0 saturated carbocycles. The highest BCUT2D eigenvalue weighted by Gasteiger charge is 2.42. The van der Waals surface area contributed by atoms with E-state index in [0.717, 1.165) is 72.2 Å². The van der Waals surface area contributed by atoms with Crippen molar-refractivity contribution >= 4 is 54.5 Å². The van der Waals surface area contributed by atoms with E-state index in [1.807, 2.05) is 73.7 Å². The zero-order chi connectivity index (χ0) is 40.1. The van der Waals surface area contributed by atoms with E-state index in [4.69, 9.17) is 9.98 Å². The molecule has 0 saturated heterocycles. The average molecular weight is 782 g/mol. The Kier molecular flexibility index (Phi) is 9.00. The third kappa shape index (κ3) is 6.39. The fourth-order valence-electron chi connectivity index (χ4n) is 8.61. The highest BCUT2D eigenvalue weighted by molar-refractivity contribution is 7.95. The Balaban J connectivity index is 0.999. The molecular weight excluding hydrogens is 743 g/mol. The number of aliphatic imine (C=N–C) groups is 2. The van der Waals surface area contributed by atoms with Gasteiger partial charge >= 0.3 is 0 Å². The number of amidine groups is 1. The van der Waals surface area contributed by atoms with Crippen LogP contribution in [-0.2, 0) is 9.84 Å². The number of aromatic nitrogens is 1. The van der Waals surface area contributed by atoms with Gasteiger partial charge in [0.15, 0.2) is 5.84 Å². The number of nitrogens with zero attached hydrogens (tertiary/aromatic N) is 3. The van der Waals surface area contributed by atoms with Crippen molar-refractivity contribution in [1.29, 1.82) is 0 Å². The molecule has 1 aromatic heterocycles. The van der Waals surface area contributed by atoms with E-state index < -0.39 is 9.84 Å². The second-order valence-corrected chi connectivity index (χ2v) is 16.9. The van der Waals surface area contributed by atoms with E-state index in [2.05, 4.69) is 120 Å². The number of fused-ring (bicyclic) bond motifs is 6. The normalized spacial score (nSPS) is 16.1. The molecule has 59 heavy (non-hydrogen) atoms. The van der Waals surface area contributed by atoms with Crippen LogP contribution in [-0.4, -0.2) is 24.5 Å². The Morgan fingerprint density at radius 1 is 0.627 bits per heavy atom. The number of rotatable bonds is 7. The molecule has 284 valence electrons. The summed E-state index contributed by atoms with van der Waals surface area (Å²) in [6, 6.07) is 59.2. The Labute approximate surface area is 344 Å². The summed E-state index contributed by atoms with van der Waals surface area (Å²) in [6.07, 6.45) is 4.58. The largest absolute Gasteiger partial charge is 0.309 e. The summed E-state index contributed by atoms with van der Waals surface area (Å²) in [7, 11) is -3.77. The summed E-state index contributed by atoms with van der Waals surface area (Å²) in [4.78, 5) is 10.8. The van der Waals surface area contributed by atoms with Gasteiger partial charge in [-0.2, -0.15) is 0 Å². The lowest BCUT2D eigenvalue weighted by atomic mass is 9.85. The molecule has 1 atom stereocenters. The van der Waals surface area contributed by atoms with Crippen molar-refractivity contribution in [2.45, 2.75) is 24.2 Å². The molecule has 0 radical (unpaired) electrons. The molecule has 0 spiro atoms. The average Bonchev–Trinajstić information content (AvgIpc) is 3.74. The SMILES string of the molecule is C=C(N=C(N=C(C)c1ccc(-c2ccccc2)cc1)c1ccccc1)c1cccc2c1C1CC=C(c3ccc4c(c3)c3ccccc3n4-c3ccccc3)C=C1S2(=O)=O. The van der Waals surface area contributed by atoms with E-state index in [9.17, 15) is 8.42 Å². The van der Waals surface area contributed by atoms with Crippen molar-refractivity contribution in [2.24, 2.45) is 9.98 Å². The Hall–Kier alpha value is -7.15. The highest BCUT2D eigenvalue weighted by Crippen LogP contribution is 2.51. The van der Waals surface area contributed by atoms with Crippen molar-refractivity contribution in [3.8, 4) is 16.8 Å². The monoisotopic (exact) mass is 781 g/mol. The zero-order valence-corrected chi connectivity index (χ0v) is 33.3. The number of hydrogen-bond acceptors (Lipinski definition) is 3. The minimum Gasteiger partial charge on any atom is -0.309 e. The van der Waals surface area contributed by atoms with Crippen LogP contribution in [0.25, 0.3) is 49.9 Å². The molecular formula is C53H39N3O2S. The van der Waals surface area contributed by atoms with Crippen molar-refractivity contribution in [1.82, 2.24) is 4.57 Å². The first kappa shape index (κ1) is 36.2. The fraction of sp³-hybridized carbons (Fsp3) is 0.0566. The van der Waals surface area contributed by atoms with Crippen LogP contribution in [0.1, 0.15) is 47.1 Å². The minimum atomic E-state index is -3.77. The summed E-state index contributed by atoms with van der Waals surface area (Å²) in [6.45, 7) is 6.41. The molecule has 1 aliphatic carbocycles. The Morgan fingerprint density at radius 2 is 1.27 bits per heavy atom.